The number of rotatable bonds is 6. The van der Waals surface area contributed by atoms with Gasteiger partial charge in [-0.05, 0) is 12.0 Å². The van der Waals surface area contributed by atoms with Gasteiger partial charge in [-0.2, -0.15) is 0 Å². The molecule has 1 aliphatic heterocycles. The molecular formula is C16H20N4O3. The van der Waals surface area contributed by atoms with Gasteiger partial charge in [0.15, 0.2) is 0 Å². The van der Waals surface area contributed by atoms with Gasteiger partial charge >= 0.3 is 0 Å². The van der Waals surface area contributed by atoms with Crippen LogP contribution >= 0.6 is 0 Å². The monoisotopic (exact) mass is 316 g/mol. The molecule has 2 atom stereocenters. The lowest BCUT2D eigenvalue weighted by molar-refractivity contribution is -0.127. The summed E-state index contributed by atoms with van der Waals surface area (Å²) < 4.78 is 13.1. The Hall–Kier alpha value is -2.25. The topological polar surface area (TPSA) is 78.3 Å². The number of ether oxygens (including phenoxy) is 2. The van der Waals surface area contributed by atoms with E-state index >= 15 is 0 Å². The summed E-state index contributed by atoms with van der Waals surface area (Å²) in [7, 11) is 0. The van der Waals surface area contributed by atoms with Crippen molar-refractivity contribution < 1.29 is 14.3 Å². The fourth-order valence-corrected chi connectivity index (χ4v) is 2.54. The molecule has 0 bridgehead atoms. The highest BCUT2D eigenvalue weighted by molar-refractivity contribution is 5.76. The molecule has 1 fully saturated rings. The van der Waals surface area contributed by atoms with Crippen LogP contribution in [-0.2, 0) is 27.4 Å². The molecule has 2 heterocycles. The van der Waals surface area contributed by atoms with Gasteiger partial charge in [0.1, 0.15) is 25.3 Å². The second-order valence-electron chi connectivity index (χ2n) is 5.51. The minimum absolute atomic E-state index is 0.0450. The number of hydrogen-bond acceptors (Lipinski definition) is 5. The van der Waals surface area contributed by atoms with E-state index in [2.05, 4.69) is 15.5 Å². The molecule has 1 aromatic heterocycles. The lowest BCUT2D eigenvalue weighted by Crippen LogP contribution is -2.50. The van der Waals surface area contributed by atoms with E-state index in [0.29, 0.717) is 19.8 Å². The van der Waals surface area contributed by atoms with Crippen molar-refractivity contribution in [1.29, 1.82) is 0 Å². The van der Waals surface area contributed by atoms with Crippen molar-refractivity contribution in [1.82, 2.24) is 20.1 Å². The van der Waals surface area contributed by atoms with Crippen molar-refractivity contribution in [2.75, 3.05) is 13.2 Å². The lowest BCUT2D eigenvalue weighted by atomic mass is 10.1. The van der Waals surface area contributed by atoms with E-state index in [4.69, 9.17) is 9.47 Å². The summed E-state index contributed by atoms with van der Waals surface area (Å²) in [6, 6.07) is 9.92. The maximum atomic E-state index is 12.1. The van der Waals surface area contributed by atoms with Crippen LogP contribution in [0.3, 0.4) is 0 Å². The first-order valence-corrected chi connectivity index (χ1v) is 7.66. The van der Waals surface area contributed by atoms with Crippen molar-refractivity contribution in [3.8, 4) is 0 Å². The first-order valence-electron chi connectivity index (χ1n) is 7.66. The van der Waals surface area contributed by atoms with Gasteiger partial charge in [-0.25, -0.2) is 0 Å². The summed E-state index contributed by atoms with van der Waals surface area (Å²) in [5, 5.41) is 10.4. The van der Waals surface area contributed by atoms with Gasteiger partial charge in [-0.15, -0.1) is 10.2 Å². The molecule has 1 N–H and O–H groups in total. The minimum atomic E-state index is -0.145. The number of nitrogens with zero attached hydrogens (tertiary/aromatic N) is 3. The summed E-state index contributed by atoms with van der Waals surface area (Å²) >= 11 is 0. The van der Waals surface area contributed by atoms with Crippen LogP contribution in [0.2, 0.25) is 0 Å². The number of amides is 1. The molecule has 0 radical (unpaired) electrons. The maximum absolute atomic E-state index is 12.1. The summed E-state index contributed by atoms with van der Waals surface area (Å²) in [4.78, 5) is 12.1. The Morgan fingerprint density at radius 3 is 2.87 bits per heavy atom. The van der Waals surface area contributed by atoms with E-state index in [9.17, 15) is 4.79 Å². The van der Waals surface area contributed by atoms with E-state index in [-0.39, 0.29) is 24.6 Å². The molecule has 1 aliphatic rings. The Bertz CT molecular complexity index is 603. The van der Waals surface area contributed by atoms with Gasteiger partial charge in [0.25, 0.3) is 0 Å². The zero-order chi connectivity index (χ0) is 15.9. The van der Waals surface area contributed by atoms with E-state index in [0.717, 1.165) is 12.0 Å². The standard InChI is InChI=1S/C16H20N4O3/c21-16(8-20-11-17-18-12-20)19-14-6-7-22-10-15(14)23-9-13-4-2-1-3-5-13/h1-5,11-12,14-15H,6-10H2,(H,19,21)/t14-,15-/m1/s1. The molecule has 0 unspecified atom stereocenters. The zero-order valence-electron chi connectivity index (χ0n) is 12.8. The fraction of sp³-hybridized carbons (Fsp3) is 0.438. The number of nitrogens with one attached hydrogen (secondary N) is 1. The maximum Gasteiger partial charge on any atom is 0.240 e. The van der Waals surface area contributed by atoms with Gasteiger partial charge in [0.2, 0.25) is 5.91 Å². The Morgan fingerprint density at radius 2 is 2.09 bits per heavy atom. The molecule has 2 aromatic rings. The molecule has 7 heteroatoms. The highest BCUT2D eigenvalue weighted by Gasteiger charge is 2.28. The molecule has 1 saturated heterocycles. The predicted molar refractivity (Wildman–Crippen MR) is 82.4 cm³/mol. The number of carbonyl (C=O) groups is 1. The average Bonchev–Trinajstić information content (AvgIpc) is 3.08. The Balaban J connectivity index is 1.52. The second kappa shape index (κ2) is 7.85. The van der Waals surface area contributed by atoms with Crippen molar-refractivity contribution in [3.05, 3.63) is 48.5 Å². The van der Waals surface area contributed by atoms with Crippen LogP contribution in [0.25, 0.3) is 0 Å². The van der Waals surface area contributed by atoms with Crippen LogP contribution in [0.4, 0.5) is 0 Å². The lowest BCUT2D eigenvalue weighted by Gasteiger charge is -2.32. The molecule has 0 saturated carbocycles. The van der Waals surface area contributed by atoms with E-state index < -0.39 is 0 Å². The van der Waals surface area contributed by atoms with Gasteiger partial charge in [-0.1, -0.05) is 30.3 Å². The van der Waals surface area contributed by atoms with Gasteiger partial charge in [0.05, 0.1) is 19.3 Å². The molecule has 3 rings (SSSR count). The molecule has 122 valence electrons. The van der Waals surface area contributed by atoms with E-state index in [1.54, 1.807) is 4.57 Å². The van der Waals surface area contributed by atoms with Crippen LogP contribution in [-0.4, -0.2) is 46.0 Å². The van der Waals surface area contributed by atoms with Crippen LogP contribution in [0.1, 0.15) is 12.0 Å². The van der Waals surface area contributed by atoms with Gasteiger partial charge < -0.3 is 19.4 Å². The quantitative estimate of drug-likeness (QED) is 0.851. The second-order valence-corrected chi connectivity index (χ2v) is 5.51. The van der Waals surface area contributed by atoms with Crippen LogP contribution < -0.4 is 5.32 Å². The summed E-state index contributed by atoms with van der Waals surface area (Å²) in [5.41, 5.74) is 1.10. The highest BCUT2D eigenvalue weighted by atomic mass is 16.5. The van der Waals surface area contributed by atoms with E-state index in [1.807, 2.05) is 30.3 Å². The summed E-state index contributed by atoms with van der Waals surface area (Å²) in [5.74, 6) is -0.0787. The third-order valence-electron chi connectivity index (χ3n) is 3.75. The van der Waals surface area contributed by atoms with Gasteiger partial charge in [0, 0.05) is 6.61 Å². The molecule has 0 aliphatic carbocycles. The van der Waals surface area contributed by atoms with Crippen LogP contribution in [0, 0.1) is 0 Å². The summed E-state index contributed by atoms with van der Waals surface area (Å²) in [6.45, 7) is 1.83. The number of benzene rings is 1. The SMILES string of the molecule is O=C(Cn1cnnc1)N[C@@H]1CCOC[C@H]1OCc1ccccc1. The molecule has 1 aromatic carbocycles. The first kappa shape index (κ1) is 15.6. The summed E-state index contributed by atoms with van der Waals surface area (Å²) in [6.07, 6.45) is 3.64. The zero-order valence-corrected chi connectivity index (χ0v) is 12.8. The van der Waals surface area contributed by atoms with Crippen molar-refractivity contribution in [3.63, 3.8) is 0 Å². The Labute approximate surface area is 134 Å². The number of hydrogen-bond donors (Lipinski definition) is 1. The Kier molecular flexibility index (Phi) is 5.33. The first-order chi connectivity index (χ1) is 11.3. The third kappa shape index (κ3) is 4.61. The largest absolute Gasteiger partial charge is 0.379 e. The smallest absolute Gasteiger partial charge is 0.240 e. The molecule has 0 spiro atoms. The minimum Gasteiger partial charge on any atom is -0.379 e. The number of aromatic nitrogens is 3. The normalized spacial score (nSPS) is 21.0. The van der Waals surface area contributed by atoms with Crippen LogP contribution in [0.5, 0.6) is 0 Å². The fourth-order valence-electron chi connectivity index (χ4n) is 2.54. The predicted octanol–water partition coefficient (Wildman–Crippen LogP) is 0.769. The van der Waals surface area contributed by atoms with Gasteiger partial charge in [-0.3, -0.25) is 4.79 Å². The van der Waals surface area contributed by atoms with Crippen molar-refractivity contribution in [2.45, 2.75) is 31.7 Å². The third-order valence-corrected chi connectivity index (χ3v) is 3.75. The van der Waals surface area contributed by atoms with Crippen LogP contribution in [0.15, 0.2) is 43.0 Å². The highest BCUT2D eigenvalue weighted by Crippen LogP contribution is 2.14. The molecular weight excluding hydrogens is 296 g/mol. The average molecular weight is 316 g/mol. The molecule has 1 amide bonds. The van der Waals surface area contributed by atoms with Crippen molar-refractivity contribution >= 4 is 5.91 Å². The Morgan fingerprint density at radius 1 is 1.30 bits per heavy atom. The molecule has 7 nitrogen and oxygen atoms in total. The number of carbonyl (C=O) groups excluding carboxylic acids is 1. The van der Waals surface area contributed by atoms with E-state index in [1.165, 1.54) is 12.7 Å². The molecule has 23 heavy (non-hydrogen) atoms. The van der Waals surface area contributed by atoms with Crippen molar-refractivity contribution in [2.24, 2.45) is 0 Å².